The van der Waals surface area contributed by atoms with Crippen LogP contribution in [0.2, 0.25) is 0 Å². The van der Waals surface area contributed by atoms with Gasteiger partial charge in [0.1, 0.15) is 0 Å². The van der Waals surface area contributed by atoms with Gasteiger partial charge < -0.3 is 10.5 Å². The number of ether oxygens (including phenoxy) is 1. The molecule has 0 radical (unpaired) electrons. The first-order valence-electron chi connectivity index (χ1n) is 6.92. The minimum Gasteiger partial charge on any atom is -0.374 e. The summed E-state index contributed by atoms with van der Waals surface area (Å²) < 4.78 is 6.98. The summed E-state index contributed by atoms with van der Waals surface area (Å²) in [5.74, 6) is 0. The van der Waals surface area contributed by atoms with E-state index in [0.29, 0.717) is 6.04 Å². The Labute approximate surface area is 124 Å². The van der Waals surface area contributed by atoms with Crippen molar-refractivity contribution in [2.45, 2.75) is 38.5 Å². The Hall–Kier alpha value is -0.420. The van der Waals surface area contributed by atoms with Gasteiger partial charge in [-0.05, 0) is 31.9 Å². The van der Waals surface area contributed by atoms with Gasteiger partial charge in [-0.3, -0.25) is 4.90 Å². The molecule has 1 heterocycles. The fourth-order valence-corrected chi connectivity index (χ4v) is 2.92. The van der Waals surface area contributed by atoms with Crippen LogP contribution in [0.3, 0.4) is 0 Å². The third-order valence-electron chi connectivity index (χ3n) is 3.75. The van der Waals surface area contributed by atoms with E-state index >= 15 is 0 Å². The molecule has 3 nitrogen and oxygen atoms in total. The third kappa shape index (κ3) is 4.02. The lowest BCUT2D eigenvalue weighted by Crippen LogP contribution is -2.53. The van der Waals surface area contributed by atoms with Crippen molar-refractivity contribution in [1.29, 1.82) is 0 Å². The van der Waals surface area contributed by atoms with Gasteiger partial charge >= 0.3 is 0 Å². The summed E-state index contributed by atoms with van der Waals surface area (Å²) in [4.78, 5) is 2.44. The summed E-state index contributed by atoms with van der Waals surface area (Å²) in [6.07, 6.45) is 0.973. The van der Waals surface area contributed by atoms with Crippen molar-refractivity contribution >= 4 is 15.9 Å². The van der Waals surface area contributed by atoms with Crippen molar-refractivity contribution in [2.75, 3.05) is 19.7 Å². The second kappa shape index (κ2) is 6.84. The summed E-state index contributed by atoms with van der Waals surface area (Å²) in [5, 5.41) is 0. The zero-order chi connectivity index (χ0) is 13.8. The van der Waals surface area contributed by atoms with Crippen molar-refractivity contribution < 1.29 is 4.74 Å². The van der Waals surface area contributed by atoms with Crippen molar-refractivity contribution in [3.8, 4) is 0 Å². The van der Waals surface area contributed by atoms with Gasteiger partial charge in [0, 0.05) is 29.6 Å². The number of hydrogen-bond donors (Lipinski definition) is 1. The lowest BCUT2D eigenvalue weighted by molar-refractivity contribution is -0.0495. The molecule has 0 amide bonds. The van der Waals surface area contributed by atoms with Gasteiger partial charge in [0.05, 0.1) is 12.7 Å². The number of morpholine rings is 1. The number of halogens is 1. The number of nitrogens with zero attached hydrogens (tertiary/aromatic N) is 1. The maximum atomic E-state index is 6.34. The predicted octanol–water partition coefficient (Wildman–Crippen LogP) is 2.43. The predicted molar refractivity (Wildman–Crippen MR) is 82.3 cm³/mol. The number of rotatable bonds is 4. The van der Waals surface area contributed by atoms with E-state index in [1.807, 2.05) is 6.07 Å². The third-order valence-corrected chi connectivity index (χ3v) is 4.52. The van der Waals surface area contributed by atoms with Gasteiger partial charge in [-0.2, -0.15) is 0 Å². The maximum absolute atomic E-state index is 6.34. The molecule has 1 fully saturated rings. The molecule has 1 aliphatic heterocycles. The monoisotopic (exact) mass is 326 g/mol. The first-order valence-corrected chi connectivity index (χ1v) is 7.72. The van der Waals surface area contributed by atoms with E-state index < -0.39 is 0 Å². The van der Waals surface area contributed by atoms with E-state index in [1.54, 1.807) is 0 Å². The van der Waals surface area contributed by atoms with Crippen molar-refractivity contribution in [2.24, 2.45) is 5.73 Å². The fourth-order valence-electron chi connectivity index (χ4n) is 2.47. The van der Waals surface area contributed by atoms with Crippen LogP contribution in [0.4, 0.5) is 0 Å². The van der Waals surface area contributed by atoms with Crippen LogP contribution >= 0.6 is 15.9 Å². The second-order valence-electron chi connectivity index (χ2n) is 5.46. The minimum atomic E-state index is 0.0419. The average Bonchev–Trinajstić information content (AvgIpc) is 2.41. The van der Waals surface area contributed by atoms with Gasteiger partial charge in [0.2, 0.25) is 0 Å². The van der Waals surface area contributed by atoms with Gasteiger partial charge in [-0.25, -0.2) is 0 Å². The topological polar surface area (TPSA) is 38.5 Å². The van der Waals surface area contributed by atoms with E-state index in [2.05, 4.69) is 52.9 Å². The van der Waals surface area contributed by atoms with Crippen LogP contribution in [-0.4, -0.2) is 42.8 Å². The molecule has 1 aromatic carbocycles. The quantitative estimate of drug-likeness (QED) is 0.923. The molecule has 19 heavy (non-hydrogen) atoms. The van der Waals surface area contributed by atoms with Crippen LogP contribution in [0.15, 0.2) is 28.7 Å². The van der Waals surface area contributed by atoms with E-state index in [9.17, 15) is 0 Å². The smallest absolute Gasteiger partial charge is 0.0856 e. The number of benzene rings is 1. The molecule has 0 spiro atoms. The van der Waals surface area contributed by atoms with Gasteiger partial charge in [-0.15, -0.1) is 0 Å². The van der Waals surface area contributed by atoms with Crippen LogP contribution < -0.4 is 5.73 Å². The Morgan fingerprint density at radius 3 is 2.84 bits per heavy atom. The molecule has 0 saturated carbocycles. The Morgan fingerprint density at radius 2 is 2.16 bits per heavy atom. The fraction of sp³-hybridized carbons (Fsp3) is 0.600. The molecule has 0 aromatic heterocycles. The zero-order valence-electron chi connectivity index (χ0n) is 11.7. The molecule has 0 aliphatic carbocycles. The molecule has 2 rings (SSSR count). The molecule has 2 atom stereocenters. The summed E-state index contributed by atoms with van der Waals surface area (Å²) in [5.41, 5.74) is 7.59. The van der Waals surface area contributed by atoms with Crippen molar-refractivity contribution in [3.63, 3.8) is 0 Å². The highest BCUT2D eigenvalue weighted by molar-refractivity contribution is 9.10. The van der Waals surface area contributed by atoms with Gasteiger partial charge in [0.15, 0.2) is 0 Å². The molecular weight excluding hydrogens is 304 g/mol. The highest BCUT2D eigenvalue weighted by Gasteiger charge is 2.27. The summed E-state index contributed by atoms with van der Waals surface area (Å²) in [6, 6.07) is 8.85. The van der Waals surface area contributed by atoms with E-state index in [-0.39, 0.29) is 12.1 Å². The van der Waals surface area contributed by atoms with Gasteiger partial charge in [0.25, 0.3) is 0 Å². The second-order valence-corrected chi connectivity index (χ2v) is 6.31. The van der Waals surface area contributed by atoms with E-state index in [0.717, 1.165) is 30.6 Å². The molecule has 2 N–H and O–H groups in total. The molecule has 1 saturated heterocycles. The van der Waals surface area contributed by atoms with E-state index in [1.165, 1.54) is 5.56 Å². The highest BCUT2D eigenvalue weighted by atomic mass is 79.9. The molecule has 1 aliphatic rings. The van der Waals surface area contributed by atoms with Gasteiger partial charge in [-0.1, -0.05) is 34.1 Å². The Kier molecular flexibility index (Phi) is 5.39. The summed E-state index contributed by atoms with van der Waals surface area (Å²) in [7, 11) is 0. The maximum Gasteiger partial charge on any atom is 0.0856 e. The standard InChI is InChI=1S/C15H23BrN2O/c1-11(2)18-7-8-19-15(10-18)14(17)9-12-5-3-4-6-13(12)16/h3-6,11,14-15H,7-10,17H2,1-2H3. The lowest BCUT2D eigenvalue weighted by atomic mass is 10.0. The molecule has 106 valence electrons. The van der Waals surface area contributed by atoms with Crippen molar-refractivity contribution in [3.05, 3.63) is 34.3 Å². The van der Waals surface area contributed by atoms with Crippen LogP contribution in [-0.2, 0) is 11.2 Å². The largest absolute Gasteiger partial charge is 0.374 e. The molecule has 2 unspecified atom stereocenters. The highest BCUT2D eigenvalue weighted by Crippen LogP contribution is 2.20. The van der Waals surface area contributed by atoms with Crippen molar-refractivity contribution in [1.82, 2.24) is 4.90 Å². The lowest BCUT2D eigenvalue weighted by Gasteiger charge is -2.38. The Morgan fingerprint density at radius 1 is 1.42 bits per heavy atom. The normalized spacial score (nSPS) is 22.7. The van der Waals surface area contributed by atoms with Crippen LogP contribution in [0.1, 0.15) is 19.4 Å². The minimum absolute atomic E-state index is 0.0419. The first-order chi connectivity index (χ1) is 9.08. The Bertz CT molecular complexity index is 411. The first kappa shape index (κ1) is 15.0. The average molecular weight is 327 g/mol. The number of hydrogen-bond acceptors (Lipinski definition) is 3. The van der Waals surface area contributed by atoms with Crippen LogP contribution in [0, 0.1) is 0 Å². The summed E-state index contributed by atoms with van der Waals surface area (Å²) >= 11 is 3.58. The molecular formula is C15H23BrN2O. The molecule has 4 heteroatoms. The number of nitrogens with two attached hydrogens (primary N) is 1. The summed E-state index contributed by atoms with van der Waals surface area (Å²) in [6.45, 7) is 7.18. The van der Waals surface area contributed by atoms with E-state index in [4.69, 9.17) is 10.5 Å². The molecule has 0 bridgehead atoms. The Balaban J connectivity index is 1.96. The van der Waals surface area contributed by atoms with Crippen LogP contribution in [0.5, 0.6) is 0 Å². The zero-order valence-corrected chi connectivity index (χ0v) is 13.3. The SMILES string of the molecule is CC(C)N1CCOC(C(N)Cc2ccccc2Br)C1. The van der Waals surface area contributed by atoms with Crippen LogP contribution in [0.25, 0.3) is 0 Å². The molecule has 1 aromatic rings.